The maximum Gasteiger partial charge on any atom is 0.312 e. The number of nitro groups is 1. The number of aromatic nitrogens is 2. The Hall–Kier alpha value is -0.910. The van der Waals surface area contributed by atoms with Gasteiger partial charge in [-0.25, -0.2) is 0 Å². The summed E-state index contributed by atoms with van der Waals surface area (Å²) >= 11 is 3.44. The molecule has 0 aliphatic rings. The van der Waals surface area contributed by atoms with Crippen molar-refractivity contribution in [2.45, 2.75) is 33.7 Å². The van der Waals surface area contributed by atoms with Crippen molar-refractivity contribution in [3.05, 3.63) is 21.5 Å². The molecule has 0 aliphatic carbocycles. The zero-order chi connectivity index (χ0) is 12.3. The van der Waals surface area contributed by atoms with E-state index >= 15 is 0 Å². The molecule has 16 heavy (non-hydrogen) atoms. The lowest BCUT2D eigenvalue weighted by Crippen LogP contribution is -2.13. The molecule has 0 bridgehead atoms. The number of halogens is 1. The summed E-state index contributed by atoms with van der Waals surface area (Å²) in [5, 5.41) is 15.9. The summed E-state index contributed by atoms with van der Waals surface area (Å²) in [6.45, 7) is 6.25. The van der Waals surface area contributed by atoms with Crippen molar-refractivity contribution in [2.24, 2.45) is 5.92 Å². The van der Waals surface area contributed by atoms with Crippen LogP contribution in [0.1, 0.15) is 24.7 Å². The van der Waals surface area contributed by atoms with Crippen molar-refractivity contribution in [1.82, 2.24) is 9.78 Å². The smallest absolute Gasteiger partial charge is 0.262 e. The van der Waals surface area contributed by atoms with E-state index in [-0.39, 0.29) is 10.6 Å². The van der Waals surface area contributed by atoms with E-state index in [1.165, 1.54) is 0 Å². The van der Waals surface area contributed by atoms with E-state index in [0.717, 1.165) is 18.3 Å². The number of nitrogens with zero attached hydrogens (tertiary/aromatic N) is 3. The Kier molecular flexibility index (Phi) is 4.46. The molecule has 0 N–H and O–H groups in total. The average molecular weight is 290 g/mol. The topological polar surface area (TPSA) is 61.0 Å². The van der Waals surface area contributed by atoms with Crippen molar-refractivity contribution in [2.75, 3.05) is 5.33 Å². The minimum absolute atomic E-state index is 0.143. The maximum atomic E-state index is 10.8. The van der Waals surface area contributed by atoms with Gasteiger partial charge in [-0.1, -0.05) is 29.3 Å². The third kappa shape index (κ3) is 2.61. The van der Waals surface area contributed by atoms with Crippen molar-refractivity contribution in [1.29, 1.82) is 0 Å². The Morgan fingerprint density at radius 2 is 2.19 bits per heavy atom. The van der Waals surface area contributed by atoms with Crippen LogP contribution in [-0.4, -0.2) is 20.0 Å². The summed E-state index contributed by atoms with van der Waals surface area (Å²) < 4.78 is 1.74. The second-order valence-electron chi connectivity index (χ2n) is 3.89. The Bertz CT molecular complexity index is 386. The van der Waals surface area contributed by atoms with Crippen LogP contribution in [-0.2, 0) is 6.54 Å². The molecule has 0 saturated heterocycles. The van der Waals surface area contributed by atoms with Gasteiger partial charge in [-0.3, -0.25) is 14.8 Å². The van der Waals surface area contributed by atoms with Crippen LogP contribution in [0.15, 0.2) is 0 Å². The number of hydrogen-bond donors (Lipinski definition) is 0. The first kappa shape index (κ1) is 13.2. The minimum Gasteiger partial charge on any atom is -0.262 e. The lowest BCUT2D eigenvalue weighted by atomic mass is 10.1. The van der Waals surface area contributed by atoms with Crippen molar-refractivity contribution < 1.29 is 4.92 Å². The zero-order valence-electron chi connectivity index (χ0n) is 9.73. The molecular formula is C10H16BrN3O2. The first-order chi connectivity index (χ1) is 7.51. The zero-order valence-corrected chi connectivity index (χ0v) is 11.3. The predicted molar refractivity (Wildman–Crippen MR) is 65.9 cm³/mol. The predicted octanol–water partition coefficient (Wildman–Crippen LogP) is 2.83. The van der Waals surface area contributed by atoms with E-state index in [1.807, 2.05) is 0 Å². The van der Waals surface area contributed by atoms with E-state index in [2.05, 4.69) is 28.0 Å². The van der Waals surface area contributed by atoms with Crippen molar-refractivity contribution in [3.8, 4) is 0 Å². The van der Waals surface area contributed by atoms with Crippen LogP contribution in [0.2, 0.25) is 0 Å². The van der Waals surface area contributed by atoms with Gasteiger partial charge in [0.25, 0.3) is 0 Å². The number of hydrogen-bond acceptors (Lipinski definition) is 3. The van der Waals surface area contributed by atoms with E-state index in [1.54, 1.807) is 18.5 Å². The Morgan fingerprint density at radius 1 is 1.56 bits per heavy atom. The molecule has 1 aromatic rings. The molecule has 1 rings (SSSR count). The summed E-state index contributed by atoms with van der Waals surface area (Å²) in [6.07, 6.45) is 1.03. The molecule has 1 unspecified atom stereocenters. The minimum atomic E-state index is -0.358. The van der Waals surface area contributed by atoms with Gasteiger partial charge in [0.05, 0.1) is 4.92 Å². The van der Waals surface area contributed by atoms with Gasteiger partial charge in [0.15, 0.2) is 0 Å². The quantitative estimate of drug-likeness (QED) is 0.476. The third-order valence-electron chi connectivity index (χ3n) is 2.75. The molecule has 0 radical (unpaired) electrons. The van der Waals surface area contributed by atoms with E-state index < -0.39 is 0 Å². The van der Waals surface area contributed by atoms with Crippen LogP contribution in [0.25, 0.3) is 0 Å². The van der Waals surface area contributed by atoms with Crippen molar-refractivity contribution >= 4 is 21.6 Å². The number of rotatable bonds is 5. The number of aryl methyl sites for hydroxylation is 1. The fourth-order valence-corrected chi connectivity index (χ4v) is 2.32. The Balaban J connectivity index is 2.98. The molecule has 0 aromatic carbocycles. The molecule has 1 heterocycles. The van der Waals surface area contributed by atoms with Gasteiger partial charge in [-0.15, -0.1) is 0 Å². The van der Waals surface area contributed by atoms with E-state index in [9.17, 15) is 10.1 Å². The molecule has 1 aromatic heterocycles. The summed E-state index contributed by atoms with van der Waals surface area (Å²) in [7, 11) is 0. The van der Waals surface area contributed by atoms with Gasteiger partial charge >= 0.3 is 5.69 Å². The first-order valence-corrected chi connectivity index (χ1v) is 6.37. The fourth-order valence-electron chi connectivity index (χ4n) is 1.66. The third-order valence-corrected chi connectivity index (χ3v) is 3.67. The van der Waals surface area contributed by atoms with Gasteiger partial charge in [0.1, 0.15) is 11.4 Å². The van der Waals surface area contributed by atoms with Crippen LogP contribution in [0, 0.1) is 29.9 Å². The van der Waals surface area contributed by atoms with E-state index in [0.29, 0.717) is 17.3 Å². The maximum absolute atomic E-state index is 10.8. The second-order valence-corrected chi connectivity index (χ2v) is 4.53. The standard InChI is InChI=1S/C10H16BrN3O2/c1-4-9(5-11)6-13-8(3)10(14(15)16)7(2)12-13/h9H,4-6H2,1-3H3. The molecule has 1 atom stereocenters. The molecule has 0 aliphatic heterocycles. The van der Waals surface area contributed by atoms with Gasteiger partial charge in [0.2, 0.25) is 0 Å². The highest BCUT2D eigenvalue weighted by molar-refractivity contribution is 9.09. The number of alkyl halides is 1. The monoisotopic (exact) mass is 289 g/mol. The van der Waals surface area contributed by atoms with Crippen LogP contribution in [0.5, 0.6) is 0 Å². The fraction of sp³-hybridized carbons (Fsp3) is 0.700. The SMILES string of the molecule is CCC(CBr)Cn1nc(C)c([N+](=O)[O-])c1C. The Morgan fingerprint density at radius 3 is 2.56 bits per heavy atom. The highest BCUT2D eigenvalue weighted by atomic mass is 79.9. The summed E-state index contributed by atoms with van der Waals surface area (Å²) in [6, 6.07) is 0. The van der Waals surface area contributed by atoms with Crippen molar-refractivity contribution in [3.63, 3.8) is 0 Å². The molecule has 0 saturated carbocycles. The van der Waals surface area contributed by atoms with E-state index in [4.69, 9.17) is 0 Å². The van der Waals surface area contributed by atoms with Gasteiger partial charge in [-0.2, -0.15) is 5.10 Å². The van der Waals surface area contributed by atoms with Gasteiger partial charge in [0, 0.05) is 11.9 Å². The molecule has 0 spiro atoms. The highest BCUT2D eigenvalue weighted by Gasteiger charge is 2.22. The second kappa shape index (κ2) is 5.43. The largest absolute Gasteiger partial charge is 0.312 e. The summed E-state index contributed by atoms with van der Waals surface area (Å²) in [5.74, 6) is 0.456. The summed E-state index contributed by atoms with van der Waals surface area (Å²) in [4.78, 5) is 10.5. The molecule has 0 amide bonds. The van der Waals surface area contributed by atoms with Crippen LogP contribution < -0.4 is 0 Å². The van der Waals surface area contributed by atoms with Gasteiger partial charge < -0.3 is 0 Å². The molecule has 0 fully saturated rings. The van der Waals surface area contributed by atoms with Crippen LogP contribution >= 0.6 is 15.9 Å². The first-order valence-electron chi connectivity index (χ1n) is 5.25. The van der Waals surface area contributed by atoms with Crippen LogP contribution in [0.3, 0.4) is 0 Å². The molecular weight excluding hydrogens is 274 g/mol. The highest BCUT2D eigenvalue weighted by Crippen LogP contribution is 2.23. The Labute approximate surface area is 103 Å². The lowest BCUT2D eigenvalue weighted by Gasteiger charge is -2.11. The molecule has 6 heteroatoms. The molecule has 5 nitrogen and oxygen atoms in total. The summed E-state index contributed by atoms with van der Waals surface area (Å²) in [5.41, 5.74) is 1.28. The normalized spacial score (nSPS) is 12.8. The lowest BCUT2D eigenvalue weighted by molar-refractivity contribution is -0.386. The average Bonchev–Trinajstić information content (AvgIpc) is 2.50. The van der Waals surface area contributed by atoms with Gasteiger partial charge in [-0.05, 0) is 19.8 Å². The molecule has 90 valence electrons. The van der Waals surface area contributed by atoms with Crippen LogP contribution in [0.4, 0.5) is 5.69 Å².